The van der Waals surface area contributed by atoms with Crippen LogP contribution in [0.25, 0.3) is 5.82 Å². The summed E-state index contributed by atoms with van der Waals surface area (Å²) in [7, 11) is 1.59. The number of methoxy groups -OCH3 is 1. The summed E-state index contributed by atoms with van der Waals surface area (Å²) in [5.74, 6) is 1.71. The summed E-state index contributed by atoms with van der Waals surface area (Å²) in [4.78, 5) is 24.1. The Hall–Kier alpha value is -3.42. The van der Waals surface area contributed by atoms with E-state index in [4.69, 9.17) is 4.74 Å². The monoisotopic (exact) mass is 310 g/mol. The number of aromatic nitrogens is 4. The lowest BCUT2D eigenvalue weighted by molar-refractivity contribution is 0.262. The minimum Gasteiger partial charge on any atom is -0.497 e. The molecule has 0 unspecified atom stereocenters. The molecule has 3 rings (SSSR count). The maximum Gasteiger partial charge on any atom is 0.324 e. The number of carbonyl (C=O) groups is 1. The van der Waals surface area contributed by atoms with Crippen LogP contribution in [0.2, 0.25) is 0 Å². The third-order valence-corrected chi connectivity index (χ3v) is 3.01. The van der Waals surface area contributed by atoms with E-state index in [1.807, 2.05) is 0 Å². The minimum atomic E-state index is -0.398. The van der Waals surface area contributed by atoms with Gasteiger partial charge < -0.3 is 10.1 Å². The highest BCUT2D eigenvalue weighted by atomic mass is 16.5. The lowest BCUT2D eigenvalue weighted by Crippen LogP contribution is -2.20. The lowest BCUT2D eigenvalue weighted by atomic mass is 10.3. The van der Waals surface area contributed by atoms with E-state index in [2.05, 4.69) is 25.6 Å². The first-order chi connectivity index (χ1) is 11.2. The fourth-order valence-corrected chi connectivity index (χ4v) is 1.90. The quantitative estimate of drug-likeness (QED) is 0.771. The van der Waals surface area contributed by atoms with Crippen molar-refractivity contribution >= 4 is 17.5 Å². The number of ether oxygens (including phenoxy) is 1. The summed E-state index contributed by atoms with van der Waals surface area (Å²) in [6.45, 7) is 0. The van der Waals surface area contributed by atoms with Gasteiger partial charge in [0.15, 0.2) is 0 Å². The van der Waals surface area contributed by atoms with Crippen molar-refractivity contribution in [3.05, 3.63) is 55.4 Å². The van der Waals surface area contributed by atoms with Crippen molar-refractivity contribution in [2.45, 2.75) is 0 Å². The van der Waals surface area contributed by atoms with Gasteiger partial charge in [0.25, 0.3) is 0 Å². The number of anilines is 2. The third kappa shape index (κ3) is 3.62. The molecule has 0 spiro atoms. The number of hydrogen-bond acceptors (Lipinski definition) is 5. The van der Waals surface area contributed by atoms with Crippen molar-refractivity contribution in [3.63, 3.8) is 0 Å². The van der Waals surface area contributed by atoms with Gasteiger partial charge in [-0.1, -0.05) is 0 Å². The molecule has 0 aliphatic carbocycles. The number of imidazole rings is 1. The number of urea groups is 1. The molecule has 0 fully saturated rings. The van der Waals surface area contributed by atoms with Gasteiger partial charge in [-0.05, 0) is 24.3 Å². The fourth-order valence-electron chi connectivity index (χ4n) is 1.90. The highest BCUT2D eigenvalue weighted by Crippen LogP contribution is 2.15. The average molecular weight is 310 g/mol. The van der Waals surface area contributed by atoms with Gasteiger partial charge in [0.2, 0.25) is 0 Å². The zero-order chi connectivity index (χ0) is 16.1. The normalized spacial score (nSPS) is 10.1. The number of amides is 2. The first-order valence-electron chi connectivity index (χ1n) is 6.77. The number of nitrogens with one attached hydrogen (secondary N) is 2. The molecule has 2 aromatic heterocycles. The van der Waals surface area contributed by atoms with Crippen LogP contribution in [-0.2, 0) is 0 Å². The van der Waals surface area contributed by atoms with Crippen LogP contribution in [0.15, 0.2) is 55.4 Å². The Morgan fingerprint density at radius 1 is 1.17 bits per heavy atom. The largest absolute Gasteiger partial charge is 0.497 e. The molecular weight excluding hydrogens is 296 g/mol. The van der Waals surface area contributed by atoms with Gasteiger partial charge >= 0.3 is 6.03 Å². The van der Waals surface area contributed by atoms with E-state index in [-0.39, 0.29) is 0 Å². The van der Waals surface area contributed by atoms with Gasteiger partial charge in [-0.3, -0.25) is 9.88 Å². The summed E-state index contributed by atoms with van der Waals surface area (Å²) < 4.78 is 6.78. The van der Waals surface area contributed by atoms with Crippen LogP contribution in [0, 0.1) is 0 Å². The van der Waals surface area contributed by atoms with Crippen molar-refractivity contribution in [2.24, 2.45) is 0 Å². The summed E-state index contributed by atoms with van der Waals surface area (Å²) in [6.07, 6.45) is 6.39. The number of benzene rings is 1. The Morgan fingerprint density at radius 3 is 2.70 bits per heavy atom. The molecular formula is C15H14N6O2. The van der Waals surface area contributed by atoms with Gasteiger partial charge in [-0.25, -0.2) is 19.7 Å². The Morgan fingerprint density at radius 2 is 2.00 bits per heavy atom. The molecule has 1 aromatic carbocycles. The number of rotatable bonds is 4. The molecule has 2 amide bonds. The molecule has 23 heavy (non-hydrogen) atoms. The van der Waals surface area contributed by atoms with Crippen molar-refractivity contribution in [2.75, 3.05) is 17.7 Å². The molecule has 3 aromatic rings. The molecule has 2 heterocycles. The molecule has 0 atom stereocenters. The zero-order valence-corrected chi connectivity index (χ0v) is 12.3. The summed E-state index contributed by atoms with van der Waals surface area (Å²) in [5.41, 5.74) is 0.646. The van der Waals surface area contributed by atoms with Crippen LogP contribution in [0.5, 0.6) is 5.75 Å². The first-order valence-corrected chi connectivity index (χ1v) is 6.77. The molecule has 0 bridgehead atoms. The maximum absolute atomic E-state index is 12.0. The molecule has 116 valence electrons. The molecule has 0 aliphatic rings. The van der Waals surface area contributed by atoms with Crippen LogP contribution in [0.1, 0.15) is 0 Å². The fraction of sp³-hybridized carbons (Fsp3) is 0.0667. The van der Waals surface area contributed by atoms with Crippen LogP contribution < -0.4 is 15.4 Å². The minimum absolute atomic E-state index is 0.384. The van der Waals surface area contributed by atoms with E-state index in [1.165, 1.54) is 6.33 Å². The topological polar surface area (TPSA) is 94.0 Å². The predicted molar refractivity (Wildman–Crippen MR) is 84.8 cm³/mol. The lowest BCUT2D eigenvalue weighted by Gasteiger charge is -2.08. The summed E-state index contributed by atoms with van der Waals surface area (Å²) in [6, 6.07) is 8.26. The maximum atomic E-state index is 12.0. The molecule has 2 N–H and O–H groups in total. The van der Waals surface area contributed by atoms with E-state index in [1.54, 1.807) is 60.7 Å². The SMILES string of the molecule is COc1ccc(NC(=O)Nc2cc(-n3ccnc3)ncn2)cc1. The van der Waals surface area contributed by atoms with Gasteiger partial charge in [-0.2, -0.15) is 0 Å². The summed E-state index contributed by atoms with van der Waals surface area (Å²) >= 11 is 0. The molecule has 0 aliphatic heterocycles. The van der Waals surface area contributed by atoms with E-state index in [9.17, 15) is 4.79 Å². The van der Waals surface area contributed by atoms with Gasteiger partial charge in [0.05, 0.1) is 7.11 Å². The predicted octanol–water partition coefficient (Wildman–Crippen LogP) is 2.31. The van der Waals surface area contributed by atoms with E-state index < -0.39 is 6.03 Å². The van der Waals surface area contributed by atoms with E-state index >= 15 is 0 Å². The van der Waals surface area contributed by atoms with Crippen molar-refractivity contribution in [1.29, 1.82) is 0 Å². The third-order valence-electron chi connectivity index (χ3n) is 3.01. The Balaban J connectivity index is 1.66. The Bertz CT molecular complexity index is 786. The first kappa shape index (κ1) is 14.5. The summed E-state index contributed by atoms with van der Waals surface area (Å²) in [5, 5.41) is 5.37. The van der Waals surface area contributed by atoms with Crippen molar-refractivity contribution < 1.29 is 9.53 Å². The Kier molecular flexibility index (Phi) is 4.14. The molecule has 8 nitrogen and oxygen atoms in total. The van der Waals surface area contributed by atoms with Gasteiger partial charge in [0.1, 0.15) is 30.0 Å². The number of nitrogens with zero attached hydrogens (tertiary/aromatic N) is 4. The number of hydrogen-bond donors (Lipinski definition) is 2. The highest BCUT2D eigenvalue weighted by molar-refractivity contribution is 5.99. The molecule has 0 saturated carbocycles. The number of carbonyl (C=O) groups excluding carboxylic acids is 1. The van der Waals surface area contributed by atoms with Gasteiger partial charge in [-0.15, -0.1) is 0 Å². The second kappa shape index (κ2) is 6.56. The second-order valence-corrected chi connectivity index (χ2v) is 4.54. The average Bonchev–Trinajstić information content (AvgIpc) is 3.10. The van der Waals surface area contributed by atoms with Crippen LogP contribution >= 0.6 is 0 Å². The van der Waals surface area contributed by atoms with Crippen LogP contribution in [-0.4, -0.2) is 32.7 Å². The standard InChI is InChI=1S/C15H14N6O2/c1-23-12-4-2-11(3-5-12)19-15(22)20-13-8-14(18-9-17-13)21-7-6-16-10-21/h2-10H,1H3,(H2,17,18,19,20,22). The van der Waals surface area contributed by atoms with Crippen LogP contribution in [0.3, 0.4) is 0 Å². The second-order valence-electron chi connectivity index (χ2n) is 4.54. The van der Waals surface area contributed by atoms with E-state index in [0.29, 0.717) is 17.3 Å². The van der Waals surface area contributed by atoms with Crippen molar-refractivity contribution in [3.8, 4) is 11.6 Å². The molecule has 8 heteroatoms. The van der Waals surface area contributed by atoms with Gasteiger partial charge in [0, 0.05) is 24.1 Å². The van der Waals surface area contributed by atoms with E-state index in [0.717, 1.165) is 5.75 Å². The molecule has 0 saturated heterocycles. The van der Waals surface area contributed by atoms with Crippen LogP contribution in [0.4, 0.5) is 16.3 Å². The Labute approximate surface area is 132 Å². The smallest absolute Gasteiger partial charge is 0.324 e. The zero-order valence-electron chi connectivity index (χ0n) is 12.3. The molecule has 0 radical (unpaired) electrons. The van der Waals surface area contributed by atoms with Crippen molar-refractivity contribution in [1.82, 2.24) is 19.5 Å². The highest BCUT2D eigenvalue weighted by Gasteiger charge is 2.06.